The standard InChI is InChI=1S/C87H170O17P2/c1-6-9-12-15-18-21-24-27-29-31-32-33-34-35-37-39-41-47-52-57-62-67-72-86(91)103-83(77-98-85(90)71-66-61-56-51-46-40-38-36-30-28-25-22-19-16-13-10-7-2)79-102-106(95,96)100-75-81(88)74-99-105(93,94)101-78-82(76-97-84(89)70-65-60-55-50-45-26-23-20-17-14-11-8-3)104-87(92)73-68-63-58-53-48-43-42-44-49-54-59-64-69-80(4)5/h80-83,88H,6-79H2,1-5H3,(H,93,94)(H,95,96)/t81-,82+,83+/m0/s1. The number of rotatable bonds is 87. The maximum Gasteiger partial charge on any atom is 0.472 e. The van der Waals surface area contributed by atoms with Crippen LogP contribution in [0.5, 0.6) is 0 Å². The predicted octanol–water partition coefficient (Wildman–Crippen LogP) is 26.8. The molecule has 0 amide bonds. The normalized spacial score (nSPS) is 13.7. The number of phosphoric ester groups is 2. The van der Waals surface area contributed by atoms with Gasteiger partial charge in [-0.15, -0.1) is 0 Å². The number of carbonyl (C=O) groups excluding carboxylic acids is 4. The van der Waals surface area contributed by atoms with E-state index < -0.39 is 97.5 Å². The minimum atomic E-state index is -4.97. The molecule has 0 radical (unpaired) electrons. The van der Waals surface area contributed by atoms with Crippen molar-refractivity contribution in [2.75, 3.05) is 39.6 Å². The molecule has 0 heterocycles. The van der Waals surface area contributed by atoms with Crippen molar-refractivity contribution in [1.82, 2.24) is 0 Å². The molecule has 0 aliphatic carbocycles. The van der Waals surface area contributed by atoms with Crippen molar-refractivity contribution in [1.29, 1.82) is 0 Å². The van der Waals surface area contributed by atoms with Gasteiger partial charge < -0.3 is 33.8 Å². The average molecular weight is 1550 g/mol. The van der Waals surface area contributed by atoms with Crippen LogP contribution in [-0.4, -0.2) is 96.7 Å². The maximum absolute atomic E-state index is 13.2. The summed E-state index contributed by atoms with van der Waals surface area (Å²) in [5.74, 6) is -1.32. The Morgan fingerprint density at radius 3 is 0.642 bits per heavy atom. The molecule has 0 aromatic heterocycles. The quantitative estimate of drug-likeness (QED) is 0.0222. The number of aliphatic hydroxyl groups excluding tert-OH is 1. The summed E-state index contributed by atoms with van der Waals surface area (Å²) in [4.78, 5) is 73.3. The second-order valence-electron chi connectivity index (χ2n) is 31.8. The van der Waals surface area contributed by atoms with Crippen molar-refractivity contribution in [3.8, 4) is 0 Å². The van der Waals surface area contributed by atoms with Gasteiger partial charge in [-0.05, 0) is 31.6 Å². The van der Waals surface area contributed by atoms with Crippen LogP contribution in [0.1, 0.15) is 471 Å². The third-order valence-electron chi connectivity index (χ3n) is 20.5. The summed E-state index contributed by atoms with van der Waals surface area (Å²) in [6.45, 7) is 7.38. The van der Waals surface area contributed by atoms with E-state index in [2.05, 4.69) is 34.6 Å². The second kappa shape index (κ2) is 79.7. The molecule has 0 aromatic carbocycles. The van der Waals surface area contributed by atoms with Gasteiger partial charge in [0.15, 0.2) is 12.2 Å². The molecule has 0 aliphatic heterocycles. The Hall–Kier alpha value is -1.94. The highest BCUT2D eigenvalue weighted by molar-refractivity contribution is 7.47. The molecule has 17 nitrogen and oxygen atoms in total. The topological polar surface area (TPSA) is 237 Å². The van der Waals surface area contributed by atoms with E-state index in [-0.39, 0.29) is 25.7 Å². The highest BCUT2D eigenvalue weighted by atomic mass is 31.2. The molecule has 0 spiro atoms. The zero-order valence-electron chi connectivity index (χ0n) is 69.6. The average Bonchev–Trinajstić information content (AvgIpc) is 0.924. The highest BCUT2D eigenvalue weighted by Gasteiger charge is 2.30. The molecule has 0 aliphatic rings. The smallest absolute Gasteiger partial charge is 0.462 e. The fraction of sp³-hybridized carbons (Fsp3) is 0.954. The minimum Gasteiger partial charge on any atom is -0.462 e. The van der Waals surface area contributed by atoms with Crippen molar-refractivity contribution >= 4 is 39.5 Å². The summed E-state index contributed by atoms with van der Waals surface area (Å²) in [6.07, 6.45) is 73.6. The molecule has 3 N–H and O–H groups in total. The molecular formula is C87H170O17P2. The molecule has 106 heavy (non-hydrogen) atoms. The summed E-state index contributed by atoms with van der Waals surface area (Å²) in [5.41, 5.74) is 0. The van der Waals surface area contributed by atoms with E-state index in [9.17, 15) is 43.2 Å². The van der Waals surface area contributed by atoms with Crippen molar-refractivity contribution in [2.24, 2.45) is 5.92 Å². The lowest BCUT2D eigenvalue weighted by molar-refractivity contribution is -0.161. The van der Waals surface area contributed by atoms with Crippen LogP contribution < -0.4 is 0 Å². The Kier molecular flexibility index (Phi) is 78.2. The lowest BCUT2D eigenvalue weighted by atomic mass is 10.0. The van der Waals surface area contributed by atoms with Gasteiger partial charge in [0.25, 0.3) is 0 Å². The molecule has 0 saturated heterocycles. The summed E-state index contributed by atoms with van der Waals surface area (Å²) in [7, 11) is -9.93. The minimum absolute atomic E-state index is 0.108. The Morgan fingerprint density at radius 2 is 0.434 bits per heavy atom. The summed E-state index contributed by atoms with van der Waals surface area (Å²) < 4.78 is 68.9. The first-order chi connectivity index (χ1) is 51.5. The SMILES string of the molecule is CCCCCCCCCCCCCCCCCCCCCCCCC(=O)O[C@H](COC(=O)CCCCCCCCCCCCCCCCCCC)COP(=O)(O)OC[C@@H](O)COP(=O)(O)OC[C@@H](COC(=O)CCCCCCCCCCCCCC)OC(=O)CCCCCCCCCCCCCCC(C)C. The van der Waals surface area contributed by atoms with Crippen LogP contribution in [-0.2, 0) is 65.4 Å². The first kappa shape index (κ1) is 104. The van der Waals surface area contributed by atoms with Crippen LogP contribution in [0.15, 0.2) is 0 Å². The van der Waals surface area contributed by atoms with Gasteiger partial charge >= 0.3 is 39.5 Å². The zero-order valence-corrected chi connectivity index (χ0v) is 71.4. The predicted molar refractivity (Wildman–Crippen MR) is 437 cm³/mol. The lowest BCUT2D eigenvalue weighted by Gasteiger charge is -2.21. The molecule has 19 heteroatoms. The van der Waals surface area contributed by atoms with Crippen molar-refractivity contribution in [3.05, 3.63) is 0 Å². The Morgan fingerprint density at radius 1 is 0.255 bits per heavy atom. The third-order valence-corrected chi connectivity index (χ3v) is 22.4. The van der Waals surface area contributed by atoms with Crippen molar-refractivity contribution in [3.63, 3.8) is 0 Å². The van der Waals surface area contributed by atoms with E-state index in [0.717, 1.165) is 95.8 Å². The second-order valence-corrected chi connectivity index (χ2v) is 34.7. The Labute approximate surface area is 651 Å². The number of ether oxygens (including phenoxy) is 4. The van der Waals surface area contributed by atoms with E-state index in [1.54, 1.807) is 0 Å². The molecule has 0 saturated carbocycles. The van der Waals surface area contributed by atoms with Gasteiger partial charge in [-0.1, -0.05) is 420 Å². The van der Waals surface area contributed by atoms with E-state index in [0.29, 0.717) is 25.7 Å². The van der Waals surface area contributed by atoms with Gasteiger partial charge in [0.05, 0.1) is 26.4 Å². The lowest BCUT2D eigenvalue weighted by Crippen LogP contribution is -2.30. The molecule has 0 fully saturated rings. The summed E-state index contributed by atoms with van der Waals surface area (Å²) in [5, 5.41) is 10.7. The van der Waals surface area contributed by atoms with Crippen LogP contribution in [0, 0.1) is 5.92 Å². The molecule has 2 unspecified atom stereocenters. The van der Waals surface area contributed by atoms with Crippen LogP contribution >= 0.6 is 15.6 Å². The van der Waals surface area contributed by atoms with E-state index in [1.165, 1.54) is 295 Å². The first-order valence-electron chi connectivity index (χ1n) is 45.1. The van der Waals surface area contributed by atoms with E-state index >= 15 is 0 Å². The maximum atomic E-state index is 13.2. The molecule has 0 bridgehead atoms. The van der Waals surface area contributed by atoms with Gasteiger partial charge in [0.2, 0.25) is 0 Å². The number of phosphoric acid groups is 2. The monoisotopic (exact) mass is 1550 g/mol. The Bertz CT molecular complexity index is 2010. The number of unbranched alkanes of at least 4 members (excludes halogenated alkanes) is 59. The van der Waals surface area contributed by atoms with Gasteiger partial charge in [-0.2, -0.15) is 0 Å². The fourth-order valence-corrected chi connectivity index (χ4v) is 15.2. The molecule has 5 atom stereocenters. The van der Waals surface area contributed by atoms with Gasteiger partial charge in [0.1, 0.15) is 19.3 Å². The van der Waals surface area contributed by atoms with Crippen molar-refractivity contribution in [2.45, 2.75) is 490 Å². The largest absolute Gasteiger partial charge is 0.472 e. The number of carbonyl (C=O) groups is 4. The molecular weight excluding hydrogens is 1380 g/mol. The molecule has 0 aromatic rings. The van der Waals surface area contributed by atoms with Crippen molar-refractivity contribution < 1.29 is 80.2 Å². The van der Waals surface area contributed by atoms with Crippen LogP contribution in [0.4, 0.5) is 0 Å². The molecule has 630 valence electrons. The van der Waals surface area contributed by atoms with E-state index in [1.807, 2.05) is 0 Å². The highest BCUT2D eigenvalue weighted by Crippen LogP contribution is 2.45. The fourth-order valence-electron chi connectivity index (χ4n) is 13.6. The third kappa shape index (κ3) is 80.1. The summed E-state index contributed by atoms with van der Waals surface area (Å²) in [6, 6.07) is 0. The van der Waals surface area contributed by atoms with Crippen LogP contribution in [0.2, 0.25) is 0 Å². The summed E-state index contributed by atoms with van der Waals surface area (Å²) >= 11 is 0. The number of hydrogen-bond acceptors (Lipinski definition) is 15. The Balaban J connectivity index is 5.24. The first-order valence-corrected chi connectivity index (χ1v) is 48.1. The van der Waals surface area contributed by atoms with E-state index in [4.69, 9.17) is 37.0 Å². The van der Waals surface area contributed by atoms with Gasteiger partial charge in [-0.25, -0.2) is 9.13 Å². The van der Waals surface area contributed by atoms with Gasteiger partial charge in [0, 0.05) is 25.7 Å². The van der Waals surface area contributed by atoms with Crippen LogP contribution in [0.3, 0.4) is 0 Å². The van der Waals surface area contributed by atoms with Gasteiger partial charge in [-0.3, -0.25) is 37.3 Å². The number of esters is 4. The zero-order chi connectivity index (χ0) is 77.6. The number of aliphatic hydroxyl groups is 1. The van der Waals surface area contributed by atoms with Crippen LogP contribution in [0.25, 0.3) is 0 Å². The number of hydrogen-bond donors (Lipinski definition) is 3. The molecule has 0 rings (SSSR count).